The minimum atomic E-state index is -0.383. The molecule has 0 saturated heterocycles. The van der Waals surface area contributed by atoms with Gasteiger partial charge in [-0.1, -0.05) is 90.1 Å². The van der Waals surface area contributed by atoms with E-state index in [1.54, 1.807) is 4.90 Å². The summed E-state index contributed by atoms with van der Waals surface area (Å²) < 4.78 is 2.19. The van der Waals surface area contributed by atoms with Gasteiger partial charge in [-0.2, -0.15) is 4.99 Å². The molecule has 170 valence electrons. The van der Waals surface area contributed by atoms with Crippen molar-refractivity contribution in [1.82, 2.24) is 9.47 Å². The van der Waals surface area contributed by atoms with E-state index < -0.39 is 0 Å². The SMILES string of the molecule is Cc1ccc(Cn2cc(/C=C3/C(=N)N4C(c5ccccc5)=CSC4=NC3=O)c3ccccc32)cc1. The number of fused-ring (bicyclic) bond motifs is 2. The van der Waals surface area contributed by atoms with Gasteiger partial charge in [-0.25, -0.2) is 0 Å². The summed E-state index contributed by atoms with van der Waals surface area (Å²) in [6, 6.07) is 26.6. The molecule has 0 atom stereocenters. The Bertz CT molecular complexity index is 1580. The molecular weight excluding hydrogens is 452 g/mol. The minimum Gasteiger partial charge on any atom is -0.342 e. The number of benzene rings is 3. The number of aryl methyl sites for hydroxylation is 1. The van der Waals surface area contributed by atoms with Crippen molar-refractivity contribution in [3.63, 3.8) is 0 Å². The van der Waals surface area contributed by atoms with Crippen LogP contribution in [0.2, 0.25) is 0 Å². The van der Waals surface area contributed by atoms with Crippen LogP contribution in [0.3, 0.4) is 0 Å². The van der Waals surface area contributed by atoms with Crippen molar-refractivity contribution in [3.8, 4) is 0 Å². The van der Waals surface area contributed by atoms with Crippen molar-refractivity contribution in [2.45, 2.75) is 13.5 Å². The zero-order valence-corrected chi connectivity index (χ0v) is 19.9. The number of carbonyl (C=O) groups is 1. The summed E-state index contributed by atoms with van der Waals surface area (Å²) in [5, 5.41) is 12.5. The molecule has 0 aliphatic carbocycles. The summed E-state index contributed by atoms with van der Waals surface area (Å²) in [5.74, 6) is -0.234. The maximum Gasteiger partial charge on any atom is 0.283 e. The average molecular weight is 475 g/mol. The number of aliphatic imine (C=N–C) groups is 1. The summed E-state index contributed by atoms with van der Waals surface area (Å²) >= 11 is 1.37. The van der Waals surface area contributed by atoms with Crippen molar-refractivity contribution < 1.29 is 4.79 Å². The van der Waals surface area contributed by atoms with Crippen molar-refractivity contribution in [3.05, 3.63) is 118 Å². The molecule has 0 unspecified atom stereocenters. The Balaban J connectivity index is 1.40. The normalized spacial score (nSPS) is 16.6. The number of hydrogen-bond acceptors (Lipinski definition) is 3. The lowest BCUT2D eigenvalue weighted by Crippen LogP contribution is -2.37. The van der Waals surface area contributed by atoms with E-state index in [1.165, 1.54) is 22.9 Å². The van der Waals surface area contributed by atoms with Gasteiger partial charge in [0.1, 0.15) is 5.84 Å². The van der Waals surface area contributed by atoms with Crippen LogP contribution in [0.1, 0.15) is 22.3 Å². The molecule has 2 aliphatic heterocycles. The fraction of sp³-hybridized carbons (Fsp3) is 0.0690. The lowest BCUT2D eigenvalue weighted by molar-refractivity contribution is -0.114. The molecule has 1 N–H and O–H groups in total. The molecule has 6 heteroatoms. The number of nitrogens with one attached hydrogen (secondary N) is 1. The molecule has 1 aromatic heterocycles. The van der Waals surface area contributed by atoms with Crippen LogP contribution in [0, 0.1) is 12.3 Å². The van der Waals surface area contributed by atoms with Crippen LogP contribution in [0.25, 0.3) is 22.7 Å². The molecule has 0 fully saturated rings. The Hall–Kier alpha value is -4.16. The van der Waals surface area contributed by atoms with Gasteiger partial charge in [0, 0.05) is 34.6 Å². The molecule has 0 saturated carbocycles. The van der Waals surface area contributed by atoms with Gasteiger partial charge in [0.2, 0.25) is 0 Å². The lowest BCUT2D eigenvalue weighted by atomic mass is 10.1. The van der Waals surface area contributed by atoms with Crippen molar-refractivity contribution in [2.75, 3.05) is 0 Å². The second-order valence-corrected chi connectivity index (χ2v) is 9.48. The first-order valence-electron chi connectivity index (χ1n) is 11.4. The molecular formula is C29H22N4OS. The van der Waals surface area contributed by atoms with E-state index in [0.29, 0.717) is 5.17 Å². The highest BCUT2D eigenvalue weighted by Crippen LogP contribution is 2.37. The van der Waals surface area contributed by atoms with Gasteiger partial charge in [-0.3, -0.25) is 15.1 Å². The highest BCUT2D eigenvalue weighted by molar-refractivity contribution is 8.17. The van der Waals surface area contributed by atoms with Crippen LogP contribution in [-0.2, 0) is 11.3 Å². The summed E-state index contributed by atoms with van der Waals surface area (Å²) in [6.45, 7) is 2.81. The number of nitrogens with zero attached hydrogens (tertiary/aromatic N) is 3. The Morgan fingerprint density at radius 2 is 1.71 bits per heavy atom. The number of amidine groups is 2. The first kappa shape index (κ1) is 21.4. The van der Waals surface area contributed by atoms with Gasteiger partial charge in [-0.15, -0.1) is 0 Å². The molecule has 0 spiro atoms. The second-order valence-electron chi connectivity index (χ2n) is 8.64. The fourth-order valence-electron chi connectivity index (χ4n) is 4.48. The molecule has 0 radical (unpaired) electrons. The third-order valence-corrected chi connectivity index (χ3v) is 7.10. The van der Waals surface area contributed by atoms with E-state index in [2.05, 4.69) is 59.1 Å². The number of thioether (sulfide) groups is 1. The van der Waals surface area contributed by atoms with Gasteiger partial charge < -0.3 is 4.57 Å². The molecule has 35 heavy (non-hydrogen) atoms. The topological polar surface area (TPSA) is 61.5 Å². The molecule has 0 bridgehead atoms. The quantitative estimate of drug-likeness (QED) is 0.353. The maximum absolute atomic E-state index is 13.0. The molecule has 6 rings (SSSR count). The predicted molar refractivity (Wildman–Crippen MR) is 144 cm³/mol. The number of amides is 1. The Morgan fingerprint density at radius 3 is 2.51 bits per heavy atom. The van der Waals surface area contributed by atoms with Crippen LogP contribution in [0.15, 0.2) is 101 Å². The Kier molecular flexibility index (Phi) is 5.23. The number of carbonyl (C=O) groups excluding carboxylic acids is 1. The van der Waals surface area contributed by atoms with Crippen LogP contribution in [0.4, 0.5) is 0 Å². The van der Waals surface area contributed by atoms with Gasteiger partial charge >= 0.3 is 0 Å². The van der Waals surface area contributed by atoms with E-state index >= 15 is 0 Å². The third-order valence-electron chi connectivity index (χ3n) is 6.28. The summed E-state index contributed by atoms with van der Waals surface area (Å²) in [5.41, 5.74) is 6.55. The van der Waals surface area contributed by atoms with E-state index in [0.717, 1.165) is 34.3 Å². The van der Waals surface area contributed by atoms with Gasteiger partial charge in [0.05, 0.1) is 11.3 Å². The Morgan fingerprint density at radius 1 is 0.971 bits per heavy atom. The van der Waals surface area contributed by atoms with E-state index in [9.17, 15) is 4.79 Å². The van der Waals surface area contributed by atoms with E-state index in [4.69, 9.17) is 5.41 Å². The maximum atomic E-state index is 13.0. The molecule has 5 nitrogen and oxygen atoms in total. The van der Waals surface area contributed by atoms with Crippen molar-refractivity contribution in [1.29, 1.82) is 5.41 Å². The standard InChI is InChI=1S/C29H22N4OS/c1-19-11-13-20(14-12-19)16-32-17-22(23-9-5-6-10-25(23)32)15-24-27(30)33-26(21-7-3-2-4-8-21)18-35-29(33)31-28(24)34/h2-15,17-18,30H,16H2,1H3/b24-15-,30-27?. The monoisotopic (exact) mass is 474 g/mol. The summed E-state index contributed by atoms with van der Waals surface area (Å²) in [4.78, 5) is 19.1. The highest BCUT2D eigenvalue weighted by Gasteiger charge is 2.36. The van der Waals surface area contributed by atoms with Crippen molar-refractivity contribution >= 4 is 51.3 Å². The van der Waals surface area contributed by atoms with Gasteiger partial charge in [0.15, 0.2) is 5.17 Å². The number of rotatable bonds is 4. The molecule has 2 aliphatic rings. The van der Waals surface area contributed by atoms with E-state index in [1.807, 2.05) is 53.9 Å². The number of aromatic nitrogens is 1. The van der Waals surface area contributed by atoms with Crippen LogP contribution >= 0.6 is 11.8 Å². The summed E-state index contributed by atoms with van der Waals surface area (Å²) in [6.07, 6.45) is 3.87. The first-order chi connectivity index (χ1) is 17.1. The molecule has 4 aromatic rings. The van der Waals surface area contributed by atoms with Crippen LogP contribution in [-0.4, -0.2) is 26.4 Å². The third kappa shape index (κ3) is 3.82. The van der Waals surface area contributed by atoms with Gasteiger partial charge in [0.25, 0.3) is 5.91 Å². The second kappa shape index (κ2) is 8.56. The predicted octanol–water partition coefficient (Wildman–Crippen LogP) is 6.30. The van der Waals surface area contributed by atoms with E-state index in [-0.39, 0.29) is 17.3 Å². The largest absolute Gasteiger partial charge is 0.342 e. The zero-order valence-electron chi connectivity index (χ0n) is 19.1. The fourth-order valence-corrected chi connectivity index (χ4v) is 5.37. The lowest BCUT2D eigenvalue weighted by Gasteiger charge is -2.26. The molecule has 3 heterocycles. The highest BCUT2D eigenvalue weighted by atomic mass is 32.2. The summed E-state index contributed by atoms with van der Waals surface area (Å²) in [7, 11) is 0. The number of para-hydroxylation sites is 1. The number of hydrogen-bond donors (Lipinski definition) is 1. The smallest absolute Gasteiger partial charge is 0.283 e. The van der Waals surface area contributed by atoms with Crippen LogP contribution < -0.4 is 0 Å². The van der Waals surface area contributed by atoms with Crippen LogP contribution in [0.5, 0.6) is 0 Å². The molecule has 1 amide bonds. The molecule has 3 aromatic carbocycles. The van der Waals surface area contributed by atoms with Crippen molar-refractivity contribution in [2.24, 2.45) is 4.99 Å². The minimum absolute atomic E-state index is 0.149. The Labute approximate surface area is 207 Å². The van der Waals surface area contributed by atoms with Gasteiger partial charge in [-0.05, 0) is 30.2 Å². The average Bonchev–Trinajstić information content (AvgIpc) is 3.45. The zero-order chi connectivity index (χ0) is 23.9. The first-order valence-corrected chi connectivity index (χ1v) is 12.3.